The zero-order chi connectivity index (χ0) is 17.1. The summed E-state index contributed by atoms with van der Waals surface area (Å²) in [5.74, 6) is -0.689. The topological polar surface area (TPSA) is 59.8 Å². The molecule has 0 fully saturated rings. The molecule has 122 valence electrons. The molecule has 0 bridgehead atoms. The van der Waals surface area contributed by atoms with Gasteiger partial charge in [0.15, 0.2) is 0 Å². The monoisotopic (exact) mass is 323 g/mol. The lowest BCUT2D eigenvalue weighted by atomic mass is 10.1. The van der Waals surface area contributed by atoms with E-state index in [1.54, 1.807) is 6.07 Å². The van der Waals surface area contributed by atoms with Crippen molar-refractivity contribution < 1.29 is 13.9 Å². The van der Waals surface area contributed by atoms with Crippen LogP contribution in [0.3, 0.4) is 0 Å². The van der Waals surface area contributed by atoms with E-state index in [0.717, 1.165) is 11.3 Å². The van der Waals surface area contributed by atoms with E-state index in [0.29, 0.717) is 11.0 Å². The summed E-state index contributed by atoms with van der Waals surface area (Å²) in [4.78, 5) is 26.2. The number of esters is 1. The van der Waals surface area contributed by atoms with Crippen molar-refractivity contribution in [1.82, 2.24) is 0 Å². The minimum absolute atomic E-state index is 0.101. The fourth-order valence-electron chi connectivity index (χ4n) is 2.32. The first-order chi connectivity index (χ1) is 11.5. The summed E-state index contributed by atoms with van der Waals surface area (Å²) >= 11 is 0. The number of nitrogens with zero attached hydrogens (tertiary/aromatic N) is 1. The molecule has 0 saturated carbocycles. The van der Waals surface area contributed by atoms with Crippen LogP contribution in [0.2, 0.25) is 0 Å². The van der Waals surface area contributed by atoms with E-state index in [1.807, 2.05) is 61.5 Å². The first kappa shape index (κ1) is 15.8. The fraction of sp³-hybridized carbons (Fsp3) is 0.158. The Hall–Kier alpha value is -3.08. The molecule has 2 aromatic carbocycles. The standard InChI is InChI=1S/C19H17NO4/c1-20(2)15-9-8-14-10-16(19(22)24-17(14)11-15)18(21)23-12-13-6-4-3-5-7-13/h3-11H,12H2,1-2H3. The van der Waals surface area contributed by atoms with Gasteiger partial charge in [0.2, 0.25) is 0 Å². The molecule has 0 unspecified atom stereocenters. The third-order valence-electron chi connectivity index (χ3n) is 3.67. The Bertz CT molecular complexity index is 929. The van der Waals surface area contributed by atoms with Gasteiger partial charge in [0.05, 0.1) is 0 Å². The highest BCUT2D eigenvalue weighted by atomic mass is 16.5. The number of anilines is 1. The summed E-state index contributed by atoms with van der Waals surface area (Å²) < 4.78 is 10.5. The predicted molar refractivity (Wildman–Crippen MR) is 92.4 cm³/mol. The van der Waals surface area contributed by atoms with Crippen LogP contribution in [0.5, 0.6) is 0 Å². The molecule has 0 aliphatic heterocycles. The van der Waals surface area contributed by atoms with Crippen molar-refractivity contribution in [3.63, 3.8) is 0 Å². The average molecular weight is 323 g/mol. The lowest BCUT2D eigenvalue weighted by molar-refractivity contribution is 0.0468. The van der Waals surface area contributed by atoms with E-state index in [-0.39, 0.29) is 12.2 Å². The summed E-state index contributed by atoms with van der Waals surface area (Å²) in [6, 6.07) is 16.3. The molecule has 0 amide bonds. The first-order valence-corrected chi connectivity index (χ1v) is 7.51. The number of hydrogen-bond acceptors (Lipinski definition) is 5. The van der Waals surface area contributed by atoms with E-state index in [2.05, 4.69) is 0 Å². The number of hydrogen-bond donors (Lipinski definition) is 0. The molecule has 1 aromatic heterocycles. The Labute approximate surface area is 139 Å². The van der Waals surface area contributed by atoms with Crippen LogP contribution in [0.1, 0.15) is 15.9 Å². The van der Waals surface area contributed by atoms with Crippen LogP contribution in [0.4, 0.5) is 5.69 Å². The Morgan fingerprint density at radius 2 is 1.83 bits per heavy atom. The van der Waals surface area contributed by atoms with Gasteiger partial charge >= 0.3 is 11.6 Å². The van der Waals surface area contributed by atoms with Crippen molar-refractivity contribution in [3.8, 4) is 0 Å². The number of rotatable bonds is 4. The molecule has 1 heterocycles. The number of carbonyl (C=O) groups is 1. The number of carbonyl (C=O) groups excluding carboxylic acids is 1. The van der Waals surface area contributed by atoms with Crippen LogP contribution in [0.25, 0.3) is 11.0 Å². The smallest absolute Gasteiger partial charge is 0.351 e. The molecule has 3 aromatic rings. The normalized spacial score (nSPS) is 10.6. The second kappa shape index (κ2) is 6.58. The SMILES string of the molecule is CN(C)c1ccc2cc(C(=O)OCc3ccccc3)c(=O)oc2c1. The molecule has 3 rings (SSSR count). The van der Waals surface area contributed by atoms with Gasteiger partial charge in [0.1, 0.15) is 17.8 Å². The lowest BCUT2D eigenvalue weighted by Gasteiger charge is -2.12. The number of benzene rings is 2. The third-order valence-corrected chi connectivity index (χ3v) is 3.67. The van der Waals surface area contributed by atoms with E-state index in [4.69, 9.17) is 9.15 Å². The van der Waals surface area contributed by atoms with Crippen molar-refractivity contribution in [2.75, 3.05) is 19.0 Å². The van der Waals surface area contributed by atoms with Gasteiger partial charge in [-0.05, 0) is 23.8 Å². The van der Waals surface area contributed by atoms with Crippen LogP contribution in [-0.4, -0.2) is 20.1 Å². The van der Waals surface area contributed by atoms with Crippen LogP contribution < -0.4 is 10.5 Å². The van der Waals surface area contributed by atoms with Crippen LogP contribution in [0.15, 0.2) is 63.8 Å². The molecule has 0 N–H and O–H groups in total. The van der Waals surface area contributed by atoms with E-state index in [1.165, 1.54) is 6.07 Å². The van der Waals surface area contributed by atoms with Crippen LogP contribution in [0, 0.1) is 0 Å². The Balaban J connectivity index is 1.86. The maximum absolute atomic E-state index is 12.2. The highest BCUT2D eigenvalue weighted by molar-refractivity contribution is 5.93. The van der Waals surface area contributed by atoms with Crippen LogP contribution in [-0.2, 0) is 11.3 Å². The van der Waals surface area contributed by atoms with Gasteiger partial charge in [-0.3, -0.25) is 0 Å². The Morgan fingerprint density at radius 1 is 1.08 bits per heavy atom. The summed E-state index contributed by atoms with van der Waals surface area (Å²) in [7, 11) is 3.79. The summed E-state index contributed by atoms with van der Waals surface area (Å²) in [6.07, 6.45) is 0. The van der Waals surface area contributed by atoms with Crippen molar-refractivity contribution in [3.05, 3.63) is 76.1 Å². The van der Waals surface area contributed by atoms with Gasteiger partial charge < -0.3 is 14.1 Å². The number of ether oxygens (including phenoxy) is 1. The average Bonchev–Trinajstić information content (AvgIpc) is 2.59. The quantitative estimate of drug-likeness (QED) is 0.545. The molecule has 0 spiro atoms. The molecule has 5 heteroatoms. The highest BCUT2D eigenvalue weighted by Crippen LogP contribution is 2.20. The van der Waals surface area contributed by atoms with E-state index < -0.39 is 11.6 Å². The molecule has 0 radical (unpaired) electrons. The molecule has 0 aliphatic rings. The molecular weight excluding hydrogens is 306 g/mol. The minimum Gasteiger partial charge on any atom is -0.457 e. The van der Waals surface area contributed by atoms with Crippen molar-refractivity contribution >= 4 is 22.6 Å². The summed E-state index contributed by atoms with van der Waals surface area (Å²) in [5.41, 5.74) is 1.40. The largest absolute Gasteiger partial charge is 0.457 e. The van der Waals surface area contributed by atoms with Gasteiger partial charge in [0.25, 0.3) is 0 Å². The van der Waals surface area contributed by atoms with E-state index >= 15 is 0 Å². The van der Waals surface area contributed by atoms with Gasteiger partial charge in [0, 0.05) is 31.2 Å². The zero-order valence-electron chi connectivity index (χ0n) is 13.5. The maximum Gasteiger partial charge on any atom is 0.351 e. The van der Waals surface area contributed by atoms with Crippen molar-refractivity contribution in [2.24, 2.45) is 0 Å². The first-order valence-electron chi connectivity index (χ1n) is 7.51. The molecule has 0 atom stereocenters. The second-order valence-corrected chi connectivity index (χ2v) is 5.63. The van der Waals surface area contributed by atoms with Gasteiger partial charge in [-0.15, -0.1) is 0 Å². The van der Waals surface area contributed by atoms with Gasteiger partial charge in [-0.1, -0.05) is 30.3 Å². The van der Waals surface area contributed by atoms with Crippen molar-refractivity contribution in [1.29, 1.82) is 0 Å². The summed E-state index contributed by atoms with van der Waals surface area (Å²) in [5, 5.41) is 0.673. The number of fused-ring (bicyclic) bond motifs is 1. The molecule has 24 heavy (non-hydrogen) atoms. The van der Waals surface area contributed by atoms with Gasteiger partial charge in [-0.25, -0.2) is 9.59 Å². The van der Waals surface area contributed by atoms with Crippen molar-refractivity contribution in [2.45, 2.75) is 6.61 Å². The second-order valence-electron chi connectivity index (χ2n) is 5.63. The third kappa shape index (κ3) is 3.30. The maximum atomic E-state index is 12.2. The Morgan fingerprint density at radius 3 is 2.54 bits per heavy atom. The fourth-order valence-corrected chi connectivity index (χ4v) is 2.32. The lowest BCUT2D eigenvalue weighted by Crippen LogP contribution is -2.16. The van der Waals surface area contributed by atoms with E-state index in [9.17, 15) is 9.59 Å². The zero-order valence-corrected chi connectivity index (χ0v) is 13.5. The highest BCUT2D eigenvalue weighted by Gasteiger charge is 2.15. The predicted octanol–water partition coefficient (Wildman–Crippen LogP) is 3.22. The molecule has 0 aliphatic carbocycles. The molecular formula is C19H17NO4. The summed E-state index contributed by atoms with van der Waals surface area (Å²) in [6.45, 7) is 0.108. The molecule has 0 saturated heterocycles. The Kier molecular flexibility index (Phi) is 4.33. The van der Waals surface area contributed by atoms with Gasteiger partial charge in [-0.2, -0.15) is 0 Å². The van der Waals surface area contributed by atoms with Crippen LogP contribution >= 0.6 is 0 Å². The minimum atomic E-state index is -0.698. The molecule has 5 nitrogen and oxygen atoms in total.